The number of imidazole rings is 1. The van der Waals surface area contributed by atoms with E-state index in [4.69, 9.17) is 15.7 Å². The van der Waals surface area contributed by atoms with Gasteiger partial charge in [0.15, 0.2) is 17.3 Å². The van der Waals surface area contributed by atoms with Crippen LogP contribution in [-0.4, -0.2) is 45.2 Å². The average molecular weight is 579 g/mol. The van der Waals surface area contributed by atoms with Crippen molar-refractivity contribution in [1.29, 1.82) is 0 Å². The summed E-state index contributed by atoms with van der Waals surface area (Å²) < 4.78 is 30.8. The van der Waals surface area contributed by atoms with E-state index >= 15 is 0 Å². The smallest absolute Gasteiger partial charge is 0.281 e. The van der Waals surface area contributed by atoms with Gasteiger partial charge < -0.3 is 11.1 Å². The van der Waals surface area contributed by atoms with Crippen molar-refractivity contribution in [1.82, 2.24) is 44.6 Å². The number of amides is 1. The molecule has 1 aliphatic rings. The summed E-state index contributed by atoms with van der Waals surface area (Å²) in [7, 11) is 0. The summed E-state index contributed by atoms with van der Waals surface area (Å²) in [5.74, 6) is 1.07. The van der Waals surface area contributed by atoms with E-state index in [0.29, 0.717) is 47.0 Å². The summed E-state index contributed by atoms with van der Waals surface area (Å²) in [5, 5.41) is 7.21. The van der Waals surface area contributed by atoms with Gasteiger partial charge in [0.25, 0.3) is 12.3 Å². The van der Waals surface area contributed by atoms with Crippen LogP contribution in [0, 0.1) is 6.92 Å². The lowest BCUT2D eigenvalue weighted by atomic mass is 10.1. The number of alkyl halides is 2. The molecule has 3 N–H and O–H groups in total. The number of aryl methyl sites for hydroxylation is 2. The van der Waals surface area contributed by atoms with Gasteiger partial charge in [0, 0.05) is 30.5 Å². The fourth-order valence-corrected chi connectivity index (χ4v) is 5.47. The Morgan fingerprint density at radius 3 is 2.74 bits per heavy atom. The van der Waals surface area contributed by atoms with Crippen molar-refractivity contribution in [2.75, 3.05) is 5.73 Å². The zero-order chi connectivity index (χ0) is 29.7. The number of hydrogen-bond donors (Lipinski definition) is 2. The van der Waals surface area contributed by atoms with E-state index in [0.717, 1.165) is 23.0 Å². The maximum absolute atomic E-state index is 13.6. The Balaban J connectivity index is 1.29. The van der Waals surface area contributed by atoms with Crippen molar-refractivity contribution in [3.8, 4) is 22.9 Å². The van der Waals surface area contributed by atoms with E-state index in [-0.39, 0.29) is 17.4 Å². The van der Waals surface area contributed by atoms with Gasteiger partial charge in [-0.05, 0) is 73.4 Å². The molecule has 0 radical (unpaired) electrons. The van der Waals surface area contributed by atoms with Crippen LogP contribution in [0.2, 0.25) is 0 Å². The van der Waals surface area contributed by atoms with Gasteiger partial charge in [-0.25, -0.2) is 38.4 Å². The van der Waals surface area contributed by atoms with Crippen LogP contribution in [0.5, 0.6) is 0 Å². The van der Waals surface area contributed by atoms with Crippen molar-refractivity contribution >= 4 is 22.9 Å². The Labute approximate surface area is 243 Å². The fourth-order valence-electron chi connectivity index (χ4n) is 5.47. The number of carbonyl (C=O) groups excluding carboxylic acids is 1. The Bertz CT molecular complexity index is 2000. The number of halogens is 2. The van der Waals surface area contributed by atoms with E-state index in [2.05, 4.69) is 25.4 Å². The Morgan fingerprint density at radius 2 is 1.95 bits per heavy atom. The zero-order valence-electron chi connectivity index (χ0n) is 22.8. The first-order valence-corrected chi connectivity index (χ1v) is 13.5. The first kappa shape index (κ1) is 26.3. The highest BCUT2D eigenvalue weighted by atomic mass is 19.3. The van der Waals surface area contributed by atoms with Gasteiger partial charge in [-0.3, -0.25) is 9.36 Å². The molecule has 0 unspecified atom stereocenters. The van der Waals surface area contributed by atoms with Gasteiger partial charge in [-0.15, -0.1) is 0 Å². The molecule has 214 valence electrons. The maximum atomic E-state index is 13.6. The Morgan fingerprint density at radius 1 is 1.07 bits per heavy atom. The number of pyridine rings is 2. The highest BCUT2D eigenvalue weighted by Crippen LogP contribution is 2.36. The van der Waals surface area contributed by atoms with E-state index < -0.39 is 18.0 Å². The molecule has 5 aromatic heterocycles. The second-order valence-corrected chi connectivity index (χ2v) is 10.1. The summed E-state index contributed by atoms with van der Waals surface area (Å²) in [6.45, 7) is 1.50. The minimum absolute atomic E-state index is 0.177. The number of nitrogens with one attached hydrogen (secondary N) is 1. The number of anilines is 1. The highest BCUT2D eigenvalue weighted by molar-refractivity contribution is 5.95. The average Bonchev–Trinajstić information content (AvgIpc) is 3.76. The van der Waals surface area contributed by atoms with Gasteiger partial charge >= 0.3 is 0 Å². The third-order valence-corrected chi connectivity index (χ3v) is 7.47. The molecule has 5 heterocycles. The maximum Gasteiger partial charge on any atom is 0.281 e. The third kappa shape index (κ3) is 4.64. The van der Waals surface area contributed by atoms with Crippen LogP contribution in [0.15, 0.2) is 73.3 Å². The van der Waals surface area contributed by atoms with Crippen molar-refractivity contribution in [3.63, 3.8) is 0 Å². The second kappa shape index (κ2) is 10.4. The lowest BCUT2D eigenvalue weighted by Gasteiger charge is -2.16. The largest absolute Gasteiger partial charge is 0.383 e. The lowest BCUT2D eigenvalue weighted by Crippen LogP contribution is -2.28. The monoisotopic (exact) mass is 578 g/mol. The molecule has 7 rings (SSSR count). The van der Waals surface area contributed by atoms with E-state index in [9.17, 15) is 13.6 Å². The van der Waals surface area contributed by atoms with Gasteiger partial charge in [0.2, 0.25) is 0 Å². The van der Waals surface area contributed by atoms with Crippen LogP contribution >= 0.6 is 0 Å². The van der Waals surface area contributed by atoms with Crippen molar-refractivity contribution in [2.24, 2.45) is 0 Å². The van der Waals surface area contributed by atoms with Crippen LogP contribution in [0.25, 0.3) is 34.1 Å². The summed E-state index contributed by atoms with van der Waals surface area (Å²) >= 11 is 0. The standard InChI is InChI=1S/C30H24F2N10O/c1-16-35-15-21(25(37-16)26(31)32)30(43)39-22-8-5-17-14-18(6-7-19(17)22)42-28(20-4-2-11-34-27(20)33)38-23-9-10-24(40-29(23)42)41-13-3-12-36-41/h2-4,6-7,9-15,22,26H,5,8H2,1H3,(H2,33,34)(H,39,43)/t22-/m0/s1. The normalized spacial score (nSPS) is 14.4. The third-order valence-electron chi connectivity index (χ3n) is 7.47. The molecule has 43 heavy (non-hydrogen) atoms. The number of nitrogens with zero attached hydrogens (tertiary/aromatic N) is 8. The molecule has 0 aliphatic heterocycles. The van der Waals surface area contributed by atoms with Gasteiger partial charge in [0.1, 0.15) is 22.9 Å². The predicted octanol–water partition coefficient (Wildman–Crippen LogP) is 4.70. The molecule has 0 spiro atoms. The van der Waals surface area contributed by atoms with Crippen molar-refractivity contribution in [3.05, 3.63) is 102 Å². The molecule has 0 bridgehead atoms. The number of benzene rings is 1. The SMILES string of the molecule is Cc1ncc(C(=O)N[C@H]2CCc3cc(-n4c(-c5cccnc5N)nc5ccc(-n6cccn6)nc54)ccc32)c(C(F)F)n1. The zero-order valence-corrected chi connectivity index (χ0v) is 22.8. The number of nitrogens with two attached hydrogens (primary N) is 1. The minimum atomic E-state index is -2.89. The number of aromatic nitrogens is 8. The summed E-state index contributed by atoms with van der Waals surface area (Å²) in [6, 6.07) is 14.7. The fraction of sp³-hybridized carbons (Fsp3) is 0.167. The predicted molar refractivity (Wildman–Crippen MR) is 154 cm³/mol. The molecular formula is C30H24F2N10O. The molecule has 6 aromatic rings. The lowest BCUT2D eigenvalue weighted by molar-refractivity contribution is 0.0919. The Kier molecular flexibility index (Phi) is 6.34. The van der Waals surface area contributed by atoms with E-state index in [1.165, 1.54) is 6.92 Å². The van der Waals surface area contributed by atoms with Gasteiger partial charge in [-0.1, -0.05) is 6.07 Å². The van der Waals surface area contributed by atoms with Crippen LogP contribution in [-0.2, 0) is 6.42 Å². The number of hydrogen-bond acceptors (Lipinski definition) is 8. The minimum Gasteiger partial charge on any atom is -0.383 e. The van der Waals surface area contributed by atoms with Crippen molar-refractivity contribution < 1.29 is 13.6 Å². The number of nitrogen functional groups attached to an aromatic ring is 1. The molecule has 0 fully saturated rings. The molecule has 1 aromatic carbocycles. The van der Waals surface area contributed by atoms with Crippen LogP contribution < -0.4 is 11.1 Å². The quantitative estimate of drug-likeness (QED) is 0.290. The first-order chi connectivity index (χ1) is 20.9. The number of fused-ring (bicyclic) bond motifs is 2. The summed E-state index contributed by atoms with van der Waals surface area (Å²) in [6.07, 6.45) is 4.65. The van der Waals surface area contributed by atoms with E-state index in [1.54, 1.807) is 23.1 Å². The number of rotatable bonds is 6. The molecule has 1 atom stereocenters. The highest BCUT2D eigenvalue weighted by Gasteiger charge is 2.28. The molecule has 0 saturated heterocycles. The first-order valence-electron chi connectivity index (χ1n) is 13.5. The topological polar surface area (TPSA) is 142 Å². The molecule has 11 nitrogen and oxygen atoms in total. The molecule has 0 saturated carbocycles. The van der Waals surface area contributed by atoms with Crippen molar-refractivity contribution in [2.45, 2.75) is 32.2 Å². The second-order valence-electron chi connectivity index (χ2n) is 10.1. The van der Waals surface area contributed by atoms with Gasteiger partial charge in [-0.2, -0.15) is 5.10 Å². The number of carbonyl (C=O) groups is 1. The summed E-state index contributed by atoms with van der Waals surface area (Å²) in [5.41, 5.74) is 10.1. The van der Waals surface area contributed by atoms with Crippen LogP contribution in [0.3, 0.4) is 0 Å². The molecule has 13 heteroatoms. The van der Waals surface area contributed by atoms with E-state index in [1.807, 2.05) is 53.2 Å². The molecule has 1 amide bonds. The van der Waals surface area contributed by atoms with Crippen LogP contribution in [0.4, 0.5) is 14.6 Å². The van der Waals surface area contributed by atoms with Gasteiger partial charge in [0.05, 0.1) is 17.2 Å². The summed E-state index contributed by atoms with van der Waals surface area (Å²) in [4.78, 5) is 34.8. The molecule has 1 aliphatic carbocycles. The van der Waals surface area contributed by atoms with Crippen LogP contribution in [0.1, 0.15) is 51.9 Å². The molecular weight excluding hydrogens is 554 g/mol. The Hall–Kier alpha value is -5.59.